The van der Waals surface area contributed by atoms with Crippen molar-refractivity contribution in [1.29, 1.82) is 0 Å². The first-order valence-corrected chi connectivity index (χ1v) is 5.14. The fourth-order valence-corrected chi connectivity index (χ4v) is 2.69. The number of carbonyl (C=O) groups excluding carboxylic acids is 1. The van der Waals surface area contributed by atoms with Crippen LogP contribution in [0.2, 0.25) is 0 Å². The van der Waals surface area contributed by atoms with Crippen LogP contribution in [-0.2, 0) is 6.42 Å². The molecule has 13 heavy (non-hydrogen) atoms. The van der Waals surface area contributed by atoms with Crippen LogP contribution in [0.3, 0.4) is 0 Å². The van der Waals surface area contributed by atoms with Gasteiger partial charge in [-0.05, 0) is 23.4 Å². The highest BCUT2D eigenvalue weighted by Crippen LogP contribution is 2.30. The predicted octanol–water partition coefficient (Wildman–Crippen LogP) is 3.28. The summed E-state index contributed by atoms with van der Waals surface area (Å²) in [4.78, 5) is 11.6. The molecule has 0 aliphatic rings. The summed E-state index contributed by atoms with van der Waals surface area (Å²) >= 11 is 1.58. The van der Waals surface area contributed by atoms with Crippen LogP contribution >= 0.6 is 11.3 Å². The first-order valence-electron chi connectivity index (χ1n) is 4.32. The minimum Gasteiger partial charge on any atom is -0.297 e. The Morgan fingerprint density at radius 3 is 2.85 bits per heavy atom. The number of thiophene rings is 1. The molecule has 0 amide bonds. The molecule has 1 aromatic heterocycles. The molecule has 0 atom stereocenters. The first kappa shape index (κ1) is 8.45. The standard InChI is InChI=1S/C11H10OS/c1-2-8-9-5-3-4-6-10(9)13-11(8)7-12/h3-7H,2H2,1H3. The Morgan fingerprint density at radius 1 is 1.38 bits per heavy atom. The van der Waals surface area contributed by atoms with Crippen molar-refractivity contribution in [3.8, 4) is 0 Å². The first-order chi connectivity index (χ1) is 6.36. The van der Waals surface area contributed by atoms with E-state index in [0.29, 0.717) is 0 Å². The number of fused-ring (bicyclic) bond motifs is 1. The molecule has 0 radical (unpaired) electrons. The minimum absolute atomic E-state index is 0.878. The van der Waals surface area contributed by atoms with Crippen molar-refractivity contribution >= 4 is 27.7 Å². The van der Waals surface area contributed by atoms with E-state index in [1.807, 2.05) is 12.1 Å². The summed E-state index contributed by atoms with van der Waals surface area (Å²) in [5.41, 5.74) is 1.19. The highest BCUT2D eigenvalue weighted by atomic mass is 32.1. The van der Waals surface area contributed by atoms with Crippen LogP contribution in [0.4, 0.5) is 0 Å². The monoisotopic (exact) mass is 190 g/mol. The second-order valence-electron chi connectivity index (χ2n) is 2.91. The van der Waals surface area contributed by atoms with E-state index < -0.39 is 0 Å². The number of rotatable bonds is 2. The molecule has 0 aliphatic carbocycles. The minimum atomic E-state index is 0.878. The van der Waals surface area contributed by atoms with Gasteiger partial charge in [-0.1, -0.05) is 25.1 Å². The van der Waals surface area contributed by atoms with Crippen LogP contribution in [0.1, 0.15) is 22.2 Å². The summed E-state index contributed by atoms with van der Waals surface area (Å²) in [7, 11) is 0. The van der Waals surface area contributed by atoms with Gasteiger partial charge in [-0.2, -0.15) is 0 Å². The third-order valence-electron chi connectivity index (χ3n) is 2.19. The Kier molecular flexibility index (Phi) is 2.15. The normalized spacial score (nSPS) is 10.5. The van der Waals surface area contributed by atoms with E-state index in [0.717, 1.165) is 17.6 Å². The number of hydrogen-bond acceptors (Lipinski definition) is 2. The Morgan fingerprint density at radius 2 is 2.15 bits per heavy atom. The van der Waals surface area contributed by atoms with Gasteiger partial charge in [0, 0.05) is 4.70 Å². The van der Waals surface area contributed by atoms with Gasteiger partial charge in [-0.15, -0.1) is 11.3 Å². The molecule has 2 heteroatoms. The average molecular weight is 190 g/mol. The van der Waals surface area contributed by atoms with Crippen LogP contribution in [-0.4, -0.2) is 6.29 Å². The fourth-order valence-electron chi connectivity index (χ4n) is 1.58. The molecule has 1 nitrogen and oxygen atoms in total. The third kappa shape index (κ3) is 1.27. The predicted molar refractivity (Wildman–Crippen MR) is 56.6 cm³/mol. The quantitative estimate of drug-likeness (QED) is 0.664. The molecular formula is C11H10OS. The average Bonchev–Trinajstić information content (AvgIpc) is 2.55. The summed E-state index contributed by atoms with van der Waals surface area (Å²) in [5, 5.41) is 1.23. The number of benzene rings is 1. The molecule has 0 N–H and O–H groups in total. The maximum absolute atomic E-state index is 10.8. The molecule has 0 unspecified atom stereocenters. The molecule has 1 aromatic carbocycles. The van der Waals surface area contributed by atoms with Crippen molar-refractivity contribution in [3.05, 3.63) is 34.7 Å². The lowest BCUT2D eigenvalue weighted by molar-refractivity contribution is 0.112. The van der Waals surface area contributed by atoms with Gasteiger partial charge in [0.15, 0.2) is 6.29 Å². The van der Waals surface area contributed by atoms with E-state index in [9.17, 15) is 4.79 Å². The van der Waals surface area contributed by atoms with Gasteiger partial charge in [-0.25, -0.2) is 0 Å². The molecule has 0 fully saturated rings. The Labute approximate surface area is 81.0 Å². The number of aryl methyl sites for hydroxylation is 1. The molecule has 1 heterocycles. The molecule has 0 bridgehead atoms. The number of hydrogen-bond donors (Lipinski definition) is 0. The molecular weight excluding hydrogens is 180 g/mol. The zero-order chi connectivity index (χ0) is 9.26. The Bertz CT molecular complexity index is 442. The number of aldehydes is 1. The summed E-state index contributed by atoms with van der Waals surface area (Å²) in [6, 6.07) is 8.17. The maximum atomic E-state index is 10.8. The van der Waals surface area contributed by atoms with Gasteiger partial charge in [-0.3, -0.25) is 4.79 Å². The van der Waals surface area contributed by atoms with Gasteiger partial charge in [0.1, 0.15) is 0 Å². The number of carbonyl (C=O) groups is 1. The zero-order valence-corrected chi connectivity index (χ0v) is 8.23. The summed E-state index contributed by atoms with van der Waals surface area (Å²) in [5.74, 6) is 0. The van der Waals surface area contributed by atoms with Gasteiger partial charge >= 0.3 is 0 Å². The second kappa shape index (κ2) is 3.30. The van der Waals surface area contributed by atoms with Gasteiger partial charge in [0.05, 0.1) is 4.88 Å². The highest BCUT2D eigenvalue weighted by molar-refractivity contribution is 7.20. The molecule has 2 aromatic rings. The van der Waals surface area contributed by atoms with Crippen LogP contribution in [0, 0.1) is 0 Å². The molecule has 0 aliphatic heterocycles. The topological polar surface area (TPSA) is 17.1 Å². The molecule has 66 valence electrons. The molecule has 2 rings (SSSR count). The largest absolute Gasteiger partial charge is 0.297 e. The Hall–Kier alpha value is -1.15. The van der Waals surface area contributed by atoms with E-state index in [1.54, 1.807) is 11.3 Å². The summed E-state index contributed by atoms with van der Waals surface area (Å²) < 4.78 is 1.21. The van der Waals surface area contributed by atoms with Crippen molar-refractivity contribution in [2.75, 3.05) is 0 Å². The van der Waals surface area contributed by atoms with Crippen LogP contribution in [0.25, 0.3) is 10.1 Å². The highest BCUT2D eigenvalue weighted by Gasteiger charge is 2.08. The maximum Gasteiger partial charge on any atom is 0.160 e. The molecule has 0 saturated carbocycles. The lowest BCUT2D eigenvalue weighted by atomic mass is 10.1. The summed E-state index contributed by atoms with van der Waals surface area (Å²) in [6.07, 6.45) is 1.89. The second-order valence-corrected chi connectivity index (χ2v) is 4.00. The van der Waals surface area contributed by atoms with Crippen molar-refractivity contribution in [2.24, 2.45) is 0 Å². The van der Waals surface area contributed by atoms with Crippen LogP contribution < -0.4 is 0 Å². The third-order valence-corrected chi connectivity index (χ3v) is 3.33. The SMILES string of the molecule is CCc1c(C=O)sc2ccccc12. The van der Waals surface area contributed by atoms with Crippen LogP contribution in [0.15, 0.2) is 24.3 Å². The fraction of sp³-hybridized carbons (Fsp3) is 0.182. The lowest BCUT2D eigenvalue weighted by Crippen LogP contribution is -1.82. The van der Waals surface area contributed by atoms with Gasteiger partial charge < -0.3 is 0 Å². The van der Waals surface area contributed by atoms with Crippen molar-refractivity contribution in [1.82, 2.24) is 0 Å². The van der Waals surface area contributed by atoms with E-state index in [-0.39, 0.29) is 0 Å². The lowest BCUT2D eigenvalue weighted by Gasteiger charge is -1.93. The van der Waals surface area contributed by atoms with Crippen molar-refractivity contribution in [3.63, 3.8) is 0 Å². The smallest absolute Gasteiger partial charge is 0.160 e. The molecule has 0 spiro atoms. The van der Waals surface area contributed by atoms with E-state index in [2.05, 4.69) is 19.1 Å². The van der Waals surface area contributed by atoms with E-state index in [4.69, 9.17) is 0 Å². The zero-order valence-electron chi connectivity index (χ0n) is 7.41. The van der Waals surface area contributed by atoms with E-state index in [1.165, 1.54) is 15.6 Å². The van der Waals surface area contributed by atoms with E-state index >= 15 is 0 Å². The van der Waals surface area contributed by atoms with Gasteiger partial charge in [0.25, 0.3) is 0 Å². The van der Waals surface area contributed by atoms with Gasteiger partial charge in [0.2, 0.25) is 0 Å². The van der Waals surface area contributed by atoms with Crippen molar-refractivity contribution < 1.29 is 4.79 Å². The summed E-state index contributed by atoms with van der Waals surface area (Å²) in [6.45, 7) is 2.08. The van der Waals surface area contributed by atoms with Crippen molar-refractivity contribution in [2.45, 2.75) is 13.3 Å². The Balaban J connectivity index is 2.81. The molecule has 0 saturated heterocycles. The van der Waals surface area contributed by atoms with Crippen LogP contribution in [0.5, 0.6) is 0 Å².